The second-order valence-electron chi connectivity index (χ2n) is 11.6. The van der Waals surface area contributed by atoms with Gasteiger partial charge >= 0.3 is 0 Å². The number of hydrogen-bond donors (Lipinski definition) is 0. The molecule has 0 aliphatic carbocycles. The Morgan fingerprint density at radius 3 is 0.722 bits per heavy atom. The summed E-state index contributed by atoms with van der Waals surface area (Å²) in [5, 5.41) is 0. The monoisotopic (exact) mass is 708 g/mol. The highest BCUT2D eigenvalue weighted by Gasteiger charge is 2.12. The van der Waals surface area contributed by atoms with Crippen LogP contribution in [-0.4, -0.2) is 24.1 Å². The average Bonchev–Trinajstić information content (AvgIpc) is 3.29. The lowest BCUT2D eigenvalue weighted by atomic mass is 10.0. The maximum absolute atomic E-state index is 4.86. The van der Waals surface area contributed by atoms with Crippen LogP contribution in [0.4, 0.5) is 22.7 Å². The van der Waals surface area contributed by atoms with Crippen LogP contribution >= 0.6 is 0 Å². The van der Waals surface area contributed by atoms with E-state index in [1.807, 2.05) is 113 Å². The molecule has 0 unspecified atom stereocenters. The molecule has 1 aromatic heterocycles. The smallest absolute Gasteiger partial charge is 0.0973 e. The molecule has 0 spiro atoms. The molecule has 1 heterocycles. The normalized spacial score (nSPS) is 9.67. The van der Waals surface area contributed by atoms with Crippen molar-refractivity contribution in [3.63, 3.8) is 0 Å². The number of para-hydroxylation sites is 6. The summed E-state index contributed by atoms with van der Waals surface area (Å²) in [5.41, 5.74) is 10.7. The van der Waals surface area contributed by atoms with Crippen molar-refractivity contribution >= 4 is 33.8 Å². The van der Waals surface area contributed by atoms with E-state index in [9.17, 15) is 0 Å². The molecule has 0 N–H and O–H groups in total. The van der Waals surface area contributed by atoms with Gasteiger partial charge in [0, 0.05) is 48.0 Å². The molecule has 0 saturated carbocycles. The van der Waals surface area contributed by atoms with E-state index in [0.717, 1.165) is 33.5 Å². The predicted octanol–water partition coefficient (Wildman–Crippen LogP) is 13.9. The molecule has 0 bridgehead atoms. The van der Waals surface area contributed by atoms with E-state index in [-0.39, 0.29) is 0 Å². The highest BCUT2D eigenvalue weighted by atomic mass is 15.1. The van der Waals surface area contributed by atoms with E-state index in [0.29, 0.717) is 0 Å². The van der Waals surface area contributed by atoms with Gasteiger partial charge in [0.1, 0.15) is 0 Å². The molecular weight excluding hydrogens is 657 g/mol. The Kier molecular flexibility index (Phi) is 16.7. The minimum absolute atomic E-state index is 0.918. The Morgan fingerprint density at radius 1 is 0.278 bits per heavy atom. The van der Waals surface area contributed by atoms with Crippen molar-refractivity contribution in [2.45, 2.75) is 27.7 Å². The molecule has 8 aromatic rings. The van der Waals surface area contributed by atoms with Crippen LogP contribution in [0.1, 0.15) is 27.7 Å². The summed E-state index contributed by atoms with van der Waals surface area (Å²) in [6.45, 7) is 8.00. The zero-order valence-corrected chi connectivity index (χ0v) is 32.4. The minimum Gasteiger partial charge on any atom is -0.345 e. The van der Waals surface area contributed by atoms with Crippen LogP contribution in [0, 0.1) is 0 Å². The Labute approximate surface area is 323 Å². The Morgan fingerprint density at radius 2 is 0.481 bits per heavy atom. The van der Waals surface area contributed by atoms with Crippen molar-refractivity contribution in [3.8, 4) is 22.5 Å². The van der Waals surface area contributed by atoms with Crippen molar-refractivity contribution in [3.05, 3.63) is 206 Å². The molecule has 0 saturated heterocycles. The van der Waals surface area contributed by atoms with E-state index in [1.54, 1.807) is 0 Å². The van der Waals surface area contributed by atoms with Crippen LogP contribution in [0.5, 0.6) is 0 Å². The molecule has 0 aliphatic rings. The zero-order chi connectivity index (χ0) is 38.4. The fraction of sp³-hybridized carbons (Fsp3) is 0.120. The van der Waals surface area contributed by atoms with Gasteiger partial charge in [0.2, 0.25) is 0 Å². The quantitative estimate of drug-likeness (QED) is 0.172. The highest BCUT2D eigenvalue weighted by molar-refractivity contribution is 5.86. The lowest BCUT2D eigenvalue weighted by Gasteiger charge is -2.18. The van der Waals surface area contributed by atoms with Crippen molar-refractivity contribution < 1.29 is 0 Å². The van der Waals surface area contributed by atoms with E-state index in [4.69, 9.17) is 9.97 Å². The number of benzene rings is 7. The first-order chi connectivity index (χ1) is 26.7. The van der Waals surface area contributed by atoms with E-state index < -0.39 is 0 Å². The molecule has 0 radical (unpaired) electrons. The molecule has 0 atom stereocenters. The Balaban J connectivity index is 0.000000179. The molecule has 4 nitrogen and oxygen atoms in total. The average molecular weight is 709 g/mol. The largest absolute Gasteiger partial charge is 0.345 e. The van der Waals surface area contributed by atoms with Crippen LogP contribution in [0.2, 0.25) is 0 Å². The molecule has 272 valence electrons. The van der Waals surface area contributed by atoms with Gasteiger partial charge in [0.25, 0.3) is 0 Å². The molecule has 8 rings (SSSR count). The highest BCUT2D eigenvalue weighted by Crippen LogP contribution is 2.30. The van der Waals surface area contributed by atoms with Crippen LogP contribution in [0.15, 0.2) is 206 Å². The molecule has 0 fully saturated rings. The molecule has 54 heavy (non-hydrogen) atoms. The molecular formula is C50H52N4. The van der Waals surface area contributed by atoms with Crippen LogP contribution < -0.4 is 9.80 Å². The standard InChI is InChI=1S/C20H14N2.2C13H13N.2C2H6/c1-3-9-15(10-4-1)19-20(16-11-5-2-6-12-16)22-18-14-8-7-13-17(18)21-19;2*1-14(12-8-4-2-5-9-12)13-10-6-3-7-11-13;2*1-2/h1-14H;2*2-11H,1H3;2*1-2H3. The predicted molar refractivity (Wildman–Crippen MR) is 235 cm³/mol. The fourth-order valence-electron chi connectivity index (χ4n) is 5.50. The Bertz CT molecular complexity index is 1920. The number of fused-ring (bicyclic) bond motifs is 1. The number of anilines is 4. The summed E-state index contributed by atoms with van der Waals surface area (Å²) in [6.07, 6.45) is 0. The maximum atomic E-state index is 4.86. The van der Waals surface area contributed by atoms with Gasteiger partial charge in [0.05, 0.1) is 22.4 Å². The maximum Gasteiger partial charge on any atom is 0.0973 e. The number of rotatable bonds is 6. The molecule has 0 amide bonds. The molecule has 7 aromatic carbocycles. The topological polar surface area (TPSA) is 32.3 Å². The summed E-state index contributed by atoms with van der Waals surface area (Å²) >= 11 is 0. The molecule has 0 aliphatic heterocycles. The fourth-order valence-corrected chi connectivity index (χ4v) is 5.50. The van der Waals surface area contributed by atoms with E-state index >= 15 is 0 Å². The Hall–Kier alpha value is -6.52. The van der Waals surface area contributed by atoms with Crippen molar-refractivity contribution in [2.75, 3.05) is 23.9 Å². The molecule has 4 heteroatoms. The summed E-state index contributed by atoms with van der Waals surface area (Å²) < 4.78 is 0. The lowest BCUT2D eigenvalue weighted by molar-refractivity contribution is 1.21. The number of aromatic nitrogens is 2. The second-order valence-corrected chi connectivity index (χ2v) is 11.6. The van der Waals surface area contributed by atoms with Crippen molar-refractivity contribution in [1.82, 2.24) is 9.97 Å². The summed E-state index contributed by atoms with van der Waals surface area (Å²) in [7, 11) is 4.15. The van der Waals surface area contributed by atoms with Gasteiger partial charge in [0.15, 0.2) is 0 Å². The van der Waals surface area contributed by atoms with Gasteiger partial charge < -0.3 is 9.80 Å². The number of hydrogen-bond acceptors (Lipinski definition) is 4. The third-order valence-electron chi connectivity index (χ3n) is 8.24. The zero-order valence-electron chi connectivity index (χ0n) is 32.4. The van der Waals surface area contributed by atoms with Crippen LogP contribution in [-0.2, 0) is 0 Å². The van der Waals surface area contributed by atoms with Gasteiger partial charge in [-0.25, -0.2) is 9.97 Å². The first-order valence-electron chi connectivity index (χ1n) is 18.7. The van der Waals surface area contributed by atoms with Crippen LogP contribution in [0.25, 0.3) is 33.5 Å². The minimum atomic E-state index is 0.918. The summed E-state index contributed by atoms with van der Waals surface area (Å²) in [4.78, 5) is 14.1. The van der Waals surface area contributed by atoms with Crippen molar-refractivity contribution in [1.29, 1.82) is 0 Å². The van der Waals surface area contributed by atoms with Gasteiger partial charge in [-0.2, -0.15) is 0 Å². The van der Waals surface area contributed by atoms with E-state index in [1.165, 1.54) is 22.7 Å². The van der Waals surface area contributed by atoms with Gasteiger partial charge in [-0.1, -0.05) is 173 Å². The second kappa shape index (κ2) is 22.4. The van der Waals surface area contributed by atoms with Crippen molar-refractivity contribution in [2.24, 2.45) is 0 Å². The SMILES string of the molecule is CC.CC.CN(c1ccccc1)c1ccccc1.CN(c1ccccc1)c1ccccc1.c1ccc(-c2nc3ccccc3nc2-c2ccccc2)cc1. The summed E-state index contributed by atoms with van der Waals surface area (Å²) in [6, 6.07) is 69.8. The first-order valence-corrected chi connectivity index (χ1v) is 18.7. The van der Waals surface area contributed by atoms with E-state index in [2.05, 4.69) is 145 Å². The van der Waals surface area contributed by atoms with Gasteiger partial charge in [-0.15, -0.1) is 0 Å². The van der Waals surface area contributed by atoms with Gasteiger partial charge in [-0.3, -0.25) is 0 Å². The van der Waals surface area contributed by atoms with Crippen LogP contribution in [0.3, 0.4) is 0 Å². The van der Waals surface area contributed by atoms with Gasteiger partial charge in [-0.05, 0) is 60.7 Å². The number of nitrogens with zero attached hydrogens (tertiary/aromatic N) is 4. The third-order valence-corrected chi connectivity index (χ3v) is 8.24. The summed E-state index contributed by atoms with van der Waals surface area (Å²) in [5.74, 6) is 0. The first kappa shape index (κ1) is 40.3. The lowest BCUT2D eigenvalue weighted by Crippen LogP contribution is -2.08. The third kappa shape index (κ3) is 11.5.